The van der Waals surface area contributed by atoms with Crippen molar-refractivity contribution in [3.63, 3.8) is 0 Å². The van der Waals surface area contributed by atoms with E-state index in [0.717, 1.165) is 23.1 Å². The van der Waals surface area contributed by atoms with Crippen molar-refractivity contribution in [3.8, 4) is 5.75 Å². The van der Waals surface area contributed by atoms with E-state index in [9.17, 15) is 0 Å². The molecule has 0 amide bonds. The lowest BCUT2D eigenvalue weighted by atomic mass is 9.98. The molecule has 0 aliphatic heterocycles. The molecule has 0 spiro atoms. The number of rotatable bonds is 4. The van der Waals surface area contributed by atoms with Crippen LogP contribution in [-0.4, -0.2) is 12.4 Å². The summed E-state index contributed by atoms with van der Waals surface area (Å²) in [5.41, 5.74) is 1.06. The third kappa shape index (κ3) is 3.27. The van der Waals surface area contributed by atoms with Crippen molar-refractivity contribution in [1.82, 2.24) is 0 Å². The molecule has 0 aliphatic rings. The van der Waals surface area contributed by atoms with Gasteiger partial charge in [0.1, 0.15) is 5.75 Å². The van der Waals surface area contributed by atoms with Gasteiger partial charge in [-0.3, -0.25) is 0 Å². The summed E-state index contributed by atoms with van der Waals surface area (Å²) in [6, 6.07) is 3.62. The average Bonchev–Trinajstić information content (AvgIpc) is 2.17. The van der Waals surface area contributed by atoms with Gasteiger partial charge in [-0.05, 0) is 30.0 Å². The van der Waals surface area contributed by atoms with E-state index in [1.165, 1.54) is 0 Å². The maximum atomic E-state index is 6.06. The summed E-state index contributed by atoms with van der Waals surface area (Å²) in [7, 11) is 1.62. The predicted molar refractivity (Wildman–Crippen MR) is 69.8 cm³/mol. The molecule has 0 fully saturated rings. The van der Waals surface area contributed by atoms with Gasteiger partial charge in [-0.2, -0.15) is 0 Å². The second-order valence-corrected chi connectivity index (χ2v) is 5.03. The Labute approximate surface area is 109 Å². The Hall–Kier alpha value is 0.0800. The van der Waals surface area contributed by atoms with Gasteiger partial charge in [-0.1, -0.05) is 46.1 Å². The lowest BCUT2D eigenvalue weighted by Gasteiger charge is -2.16. The molecule has 1 nitrogen and oxygen atoms in total. The molecule has 1 unspecified atom stereocenters. The Kier molecular flexibility index (Phi) is 5.24. The van der Waals surface area contributed by atoms with Gasteiger partial charge in [0.15, 0.2) is 0 Å². The van der Waals surface area contributed by atoms with E-state index >= 15 is 0 Å². The topological polar surface area (TPSA) is 9.23 Å². The summed E-state index contributed by atoms with van der Waals surface area (Å²) >= 11 is 15.5. The van der Waals surface area contributed by atoms with E-state index in [-0.39, 0.29) is 0 Å². The first-order chi connectivity index (χ1) is 7.10. The molecule has 0 saturated carbocycles. The number of ether oxygens (including phenoxy) is 1. The number of benzene rings is 1. The van der Waals surface area contributed by atoms with Gasteiger partial charge in [-0.25, -0.2) is 0 Å². The second kappa shape index (κ2) is 5.97. The Balaban J connectivity index is 3.13. The largest absolute Gasteiger partial charge is 0.495 e. The summed E-state index contributed by atoms with van der Waals surface area (Å²) in [6.07, 6.45) is 1.02. The van der Waals surface area contributed by atoms with Gasteiger partial charge in [0.2, 0.25) is 0 Å². The molecule has 15 heavy (non-hydrogen) atoms. The van der Waals surface area contributed by atoms with E-state index in [4.69, 9.17) is 27.9 Å². The molecule has 0 aliphatic carbocycles. The molecular weight excluding hydrogens is 299 g/mol. The van der Waals surface area contributed by atoms with E-state index in [2.05, 4.69) is 22.9 Å². The minimum Gasteiger partial charge on any atom is -0.495 e. The van der Waals surface area contributed by atoms with E-state index in [1.807, 2.05) is 6.07 Å². The lowest BCUT2D eigenvalue weighted by Crippen LogP contribution is -1.99. The van der Waals surface area contributed by atoms with Gasteiger partial charge in [-0.15, -0.1) is 0 Å². The highest BCUT2D eigenvalue weighted by molar-refractivity contribution is 9.09. The zero-order valence-electron chi connectivity index (χ0n) is 8.69. The van der Waals surface area contributed by atoms with Crippen LogP contribution in [0.1, 0.15) is 24.8 Å². The van der Waals surface area contributed by atoms with E-state index in [1.54, 1.807) is 13.2 Å². The molecule has 1 aromatic carbocycles. The quantitative estimate of drug-likeness (QED) is 0.719. The fraction of sp³-hybridized carbons (Fsp3) is 0.455. The molecule has 0 N–H and O–H groups in total. The first-order valence-corrected chi connectivity index (χ1v) is 6.56. The molecule has 0 heterocycles. The van der Waals surface area contributed by atoms with Gasteiger partial charge < -0.3 is 4.74 Å². The third-order valence-electron chi connectivity index (χ3n) is 2.31. The molecule has 1 aromatic rings. The molecule has 0 aromatic heterocycles. The lowest BCUT2D eigenvalue weighted by molar-refractivity contribution is 0.406. The summed E-state index contributed by atoms with van der Waals surface area (Å²) < 4.78 is 5.29. The van der Waals surface area contributed by atoms with Gasteiger partial charge in [0, 0.05) is 10.4 Å². The van der Waals surface area contributed by atoms with Crippen LogP contribution in [0.25, 0.3) is 0 Å². The van der Waals surface area contributed by atoms with Crippen LogP contribution in [0.5, 0.6) is 5.75 Å². The van der Waals surface area contributed by atoms with Crippen LogP contribution in [0, 0.1) is 0 Å². The summed E-state index contributed by atoms with van der Waals surface area (Å²) in [4.78, 5) is 0. The maximum absolute atomic E-state index is 6.06. The van der Waals surface area contributed by atoms with Gasteiger partial charge in [0.25, 0.3) is 0 Å². The van der Waals surface area contributed by atoms with Crippen LogP contribution in [0.15, 0.2) is 12.1 Å². The smallest absolute Gasteiger partial charge is 0.141 e. The minimum atomic E-state index is 0.371. The fourth-order valence-corrected chi connectivity index (χ4v) is 2.75. The minimum absolute atomic E-state index is 0.371. The molecule has 0 saturated heterocycles. The highest BCUT2D eigenvalue weighted by Crippen LogP contribution is 2.37. The molecular formula is C11H13BrCl2O. The molecule has 84 valence electrons. The van der Waals surface area contributed by atoms with Crippen LogP contribution >= 0.6 is 39.1 Å². The normalized spacial score (nSPS) is 12.6. The maximum Gasteiger partial charge on any atom is 0.141 e. The first kappa shape index (κ1) is 13.1. The summed E-state index contributed by atoms with van der Waals surface area (Å²) in [5.74, 6) is 1.10. The fourth-order valence-electron chi connectivity index (χ4n) is 1.48. The zero-order valence-corrected chi connectivity index (χ0v) is 11.8. The van der Waals surface area contributed by atoms with Gasteiger partial charge in [0.05, 0.1) is 12.1 Å². The average molecular weight is 312 g/mol. The zero-order chi connectivity index (χ0) is 11.4. The van der Waals surface area contributed by atoms with Crippen molar-refractivity contribution in [2.75, 3.05) is 12.4 Å². The van der Waals surface area contributed by atoms with E-state index in [0.29, 0.717) is 16.0 Å². The predicted octanol–water partition coefficient (Wildman–Crippen LogP) is 4.89. The van der Waals surface area contributed by atoms with Crippen molar-refractivity contribution in [2.45, 2.75) is 19.3 Å². The highest BCUT2D eigenvalue weighted by atomic mass is 79.9. The van der Waals surface area contributed by atoms with Crippen molar-refractivity contribution < 1.29 is 4.74 Å². The molecule has 0 radical (unpaired) electrons. The number of halogens is 3. The number of hydrogen-bond acceptors (Lipinski definition) is 1. The number of alkyl halides is 1. The number of methoxy groups -OCH3 is 1. The van der Waals surface area contributed by atoms with Crippen LogP contribution in [0.2, 0.25) is 10.0 Å². The van der Waals surface area contributed by atoms with Gasteiger partial charge >= 0.3 is 0 Å². The van der Waals surface area contributed by atoms with Crippen LogP contribution in [0.4, 0.5) is 0 Å². The summed E-state index contributed by atoms with van der Waals surface area (Å²) in [6.45, 7) is 2.13. The Morgan fingerprint density at radius 3 is 2.60 bits per heavy atom. The highest BCUT2D eigenvalue weighted by Gasteiger charge is 2.15. The Morgan fingerprint density at radius 1 is 1.40 bits per heavy atom. The Morgan fingerprint density at radius 2 is 2.07 bits per heavy atom. The summed E-state index contributed by atoms with van der Waals surface area (Å²) in [5, 5.41) is 2.17. The van der Waals surface area contributed by atoms with Crippen LogP contribution in [0.3, 0.4) is 0 Å². The van der Waals surface area contributed by atoms with Crippen molar-refractivity contribution in [2.24, 2.45) is 0 Å². The molecule has 1 rings (SSSR count). The molecule has 0 bridgehead atoms. The number of hydrogen-bond donors (Lipinski definition) is 0. The monoisotopic (exact) mass is 310 g/mol. The van der Waals surface area contributed by atoms with Crippen molar-refractivity contribution in [3.05, 3.63) is 27.7 Å². The molecule has 4 heteroatoms. The Bertz CT molecular complexity index is 342. The van der Waals surface area contributed by atoms with E-state index < -0.39 is 0 Å². The van der Waals surface area contributed by atoms with Crippen LogP contribution < -0.4 is 4.74 Å². The van der Waals surface area contributed by atoms with Crippen LogP contribution in [-0.2, 0) is 0 Å². The van der Waals surface area contributed by atoms with Crippen molar-refractivity contribution >= 4 is 39.1 Å². The SMILES string of the molecule is COc1c(Cl)cc(Cl)cc1C(C)CCBr. The third-order valence-corrected chi connectivity index (χ3v) is 3.27. The second-order valence-electron chi connectivity index (χ2n) is 3.39. The standard InChI is InChI=1S/C11H13BrCl2O/c1-7(3-4-12)9-5-8(13)6-10(14)11(9)15-2/h5-7H,3-4H2,1-2H3. The first-order valence-electron chi connectivity index (χ1n) is 4.69. The molecule has 1 atom stereocenters. The van der Waals surface area contributed by atoms with Crippen molar-refractivity contribution in [1.29, 1.82) is 0 Å².